The number of benzene rings is 2. The van der Waals surface area contributed by atoms with Gasteiger partial charge >= 0.3 is 6.09 Å². The van der Waals surface area contributed by atoms with Crippen molar-refractivity contribution in [3.8, 4) is 0 Å². The lowest BCUT2D eigenvalue weighted by Gasteiger charge is -2.29. The van der Waals surface area contributed by atoms with E-state index in [4.69, 9.17) is 0 Å². The van der Waals surface area contributed by atoms with E-state index in [1.807, 2.05) is 18.2 Å². The van der Waals surface area contributed by atoms with Crippen molar-refractivity contribution in [1.82, 2.24) is 15.3 Å². The van der Waals surface area contributed by atoms with Crippen molar-refractivity contribution in [1.29, 1.82) is 0 Å². The van der Waals surface area contributed by atoms with Crippen LogP contribution in [0.3, 0.4) is 0 Å². The number of aromatic nitrogens is 2. The van der Waals surface area contributed by atoms with Gasteiger partial charge in [-0.1, -0.05) is 18.2 Å². The van der Waals surface area contributed by atoms with Gasteiger partial charge < -0.3 is 20.6 Å². The van der Waals surface area contributed by atoms with E-state index in [9.17, 15) is 9.90 Å². The maximum atomic E-state index is 11.8. The van der Waals surface area contributed by atoms with Crippen LogP contribution in [0.2, 0.25) is 0 Å². The average molecular weight is 390 g/mol. The highest BCUT2D eigenvalue weighted by molar-refractivity contribution is 5.93. The average Bonchev–Trinajstić information content (AvgIpc) is 2.76. The summed E-state index contributed by atoms with van der Waals surface area (Å²) < 4.78 is 0. The van der Waals surface area contributed by atoms with Crippen molar-refractivity contribution in [3.63, 3.8) is 0 Å². The van der Waals surface area contributed by atoms with Gasteiger partial charge in [-0.3, -0.25) is 0 Å². The summed E-state index contributed by atoms with van der Waals surface area (Å²) in [6.07, 6.45) is 0.430. The largest absolute Gasteiger partial charge is 0.464 e. The predicted molar refractivity (Wildman–Crippen MR) is 113 cm³/mol. The van der Waals surface area contributed by atoms with Gasteiger partial charge in [0.25, 0.3) is 0 Å². The van der Waals surface area contributed by atoms with Gasteiger partial charge in [0.15, 0.2) is 0 Å². The normalized spacial score (nSPS) is 13.7. The van der Waals surface area contributed by atoms with E-state index in [0.29, 0.717) is 11.6 Å². The molecule has 29 heavy (non-hydrogen) atoms. The third-order valence-corrected chi connectivity index (χ3v) is 4.68. The lowest BCUT2D eigenvalue weighted by atomic mass is 10.2. The number of hydrogen-bond donors (Lipinski definition) is 3. The molecule has 1 amide bonds. The minimum absolute atomic E-state index is 0.277. The summed E-state index contributed by atoms with van der Waals surface area (Å²) in [4.78, 5) is 23.9. The van der Waals surface area contributed by atoms with E-state index in [1.54, 1.807) is 36.5 Å². The molecule has 8 nitrogen and oxygen atoms in total. The van der Waals surface area contributed by atoms with Crippen LogP contribution in [0.15, 0.2) is 66.9 Å². The lowest BCUT2D eigenvalue weighted by Crippen LogP contribution is -2.43. The van der Waals surface area contributed by atoms with E-state index < -0.39 is 6.09 Å². The Labute approximate surface area is 168 Å². The zero-order valence-corrected chi connectivity index (χ0v) is 15.8. The summed E-state index contributed by atoms with van der Waals surface area (Å²) in [5.74, 6) is 0.609. The molecule has 0 atom stereocenters. The van der Waals surface area contributed by atoms with Crippen LogP contribution < -0.4 is 20.4 Å². The SMILES string of the molecule is O=C(O)N(c1ccccc1)c1ccnc(Nc2ccc(N3CCNCC3)cc2)n1. The van der Waals surface area contributed by atoms with Gasteiger partial charge in [0, 0.05) is 49.8 Å². The highest BCUT2D eigenvalue weighted by atomic mass is 16.4. The first-order valence-electron chi connectivity index (χ1n) is 9.44. The van der Waals surface area contributed by atoms with Crippen LogP contribution >= 0.6 is 0 Å². The molecule has 3 N–H and O–H groups in total. The molecule has 1 aliphatic heterocycles. The quantitative estimate of drug-likeness (QED) is 0.614. The Morgan fingerprint density at radius 1 is 1.03 bits per heavy atom. The van der Waals surface area contributed by atoms with Gasteiger partial charge in [-0.25, -0.2) is 14.7 Å². The molecule has 8 heteroatoms. The molecule has 2 aromatic carbocycles. The predicted octanol–water partition coefficient (Wildman–Crippen LogP) is 3.45. The van der Waals surface area contributed by atoms with Gasteiger partial charge in [0.2, 0.25) is 5.95 Å². The number of piperazine rings is 1. The third kappa shape index (κ3) is 4.44. The Kier molecular flexibility index (Phi) is 5.53. The Hall–Kier alpha value is -3.65. The monoisotopic (exact) mass is 390 g/mol. The van der Waals surface area contributed by atoms with Crippen molar-refractivity contribution >= 4 is 34.9 Å². The zero-order chi connectivity index (χ0) is 20.1. The van der Waals surface area contributed by atoms with Crippen LogP contribution in [-0.4, -0.2) is 47.3 Å². The summed E-state index contributed by atoms with van der Waals surface area (Å²) in [6, 6.07) is 18.5. The van der Waals surface area contributed by atoms with Crippen LogP contribution in [-0.2, 0) is 0 Å². The summed E-state index contributed by atoms with van der Waals surface area (Å²) in [5.41, 5.74) is 2.53. The number of carbonyl (C=O) groups is 1. The van der Waals surface area contributed by atoms with Crippen molar-refractivity contribution < 1.29 is 9.90 Å². The molecular formula is C21H22N6O2. The molecule has 0 saturated carbocycles. The number of rotatable bonds is 5. The van der Waals surface area contributed by atoms with Crippen LogP contribution in [0, 0.1) is 0 Å². The molecule has 0 radical (unpaired) electrons. The number of para-hydroxylation sites is 1. The fourth-order valence-corrected chi connectivity index (χ4v) is 3.26. The van der Waals surface area contributed by atoms with Crippen molar-refractivity contribution in [2.75, 3.05) is 41.3 Å². The van der Waals surface area contributed by atoms with Crippen molar-refractivity contribution in [3.05, 3.63) is 66.9 Å². The molecule has 1 aromatic heterocycles. The van der Waals surface area contributed by atoms with E-state index in [-0.39, 0.29) is 5.82 Å². The molecule has 148 valence electrons. The molecule has 1 aliphatic rings. The highest BCUT2D eigenvalue weighted by Crippen LogP contribution is 2.25. The Morgan fingerprint density at radius 2 is 1.76 bits per heavy atom. The fourth-order valence-electron chi connectivity index (χ4n) is 3.26. The zero-order valence-electron chi connectivity index (χ0n) is 15.8. The topological polar surface area (TPSA) is 93.6 Å². The number of hydrogen-bond acceptors (Lipinski definition) is 6. The second kappa shape index (κ2) is 8.57. The molecule has 0 bridgehead atoms. The molecule has 0 aliphatic carbocycles. The Balaban J connectivity index is 1.52. The number of nitrogens with zero attached hydrogens (tertiary/aromatic N) is 4. The number of nitrogens with one attached hydrogen (secondary N) is 2. The Morgan fingerprint density at radius 3 is 2.45 bits per heavy atom. The minimum atomic E-state index is -1.11. The summed E-state index contributed by atoms with van der Waals surface area (Å²) in [5, 5.41) is 16.1. The number of anilines is 5. The molecule has 1 fully saturated rings. The minimum Gasteiger partial charge on any atom is -0.464 e. The van der Waals surface area contributed by atoms with Crippen LogP contribution in [0.4, 0.5) is 33.6 Å². The Bertz CT molecular complexity index is 958. The number of amides is 1. The van der Waals surface area contributed by atoms with E-state index >= 15 is 0 Å². The summed E-state index contributed by atoms with van der Waals surface area (Å²) in [7, 11) is 0. The maximum Gasteiger partial charge on any atom is 0.417 e. The smallest absolute Gasteiger partial charge is 0.417 e. The fraction of sp³-hybridized carbons (Fsp3) is 0.190. The molecule has 2 heterocycles. The van der Waals surface area contributed by atoms with E-state index in [2.05, 4.69) is 37.6 Å². The first kappa shape index (κ1) is 18.7. The standard InChI is InChI=1S/C21H22N6O2/c28-21(29)27(18-4-2-1-3-5-18)19-10-11-23-20(25-19)24-16-6-8-17(9-7-16)26-14-12-22-13-15-26/h1-11,22H,12-15H2,(H,28,29)(H,23,24,25). The van der Waals surface area contributed by atoms with Gasteiger partial charge in [0.1, 0.15) is 5.82 Å². The summed E-state index contributed by atoms with van der Waals surface area (Å²) >= 11 is 0. The maximum absolute atomic E-state index is 11.8. The van der Waals surface area contributed by atoms with E-state index in [0.717, 1.165) is 36.8 Å². The molecule has 4 rings (SSSR count). The van der Waals surface area contributed by atoms with Gasteiger partial charge in [-0.05, 0) is 36.4 Å². The first-order valence-corrected chi connectivity index (χ1v) is 9.44. The van der Waals surface area contributed by atoms with Crippen molar-refractivity contribution in [2.45, 2.75) is 0 Å². The van der Waals surface area contributed by atoms with Gasteiger partial charge in [-0.15, -0.1) is 0 Å². The summed E-state index contributed by atoms with van der Waals surface area (Å²) in [6.45, 7) is 3.95. The second-order valence-corrected chi connectivity index (χ2v) is 6.60. The van der Waals surface area contributed by atoms with E-state index in [1.165, 1.54) is 5.69 Å². The highest BCUT2D eigenvalue weighted by Gasteiger charge is 2.18. The van der Waals surface area contributed by atoms with Gasteiger partial charge in [0.05, 0.1) is 5.69 Å². The lowest BCUT2D eigenvalue weighted by molar-refractivity contribution is 0.204. The second-order valence-electron chi connectivity index (χ2n) is 6.60. The van der Waals surface area contributed by atoms with Crippen molar-refractivity contribution in [2.24, 2.45) is 0 Å². The molecule has 3 aromatic rings. The first-order chi connectivity index (χ1) is 14.2. The molecule has 0 spiro atoms. The van der Waals surface area contributed by atoms with Crippen LogP contribution in [0.25, 0.3) is 0 Å². The van der Waals surface area contributed by atoms with Crippen LogP contribution in [0.1, 0.15) is 0 Å². The van der Waals surface area contributed by atoms with Crippen LogP contribution in [0.5, 0.6) is 0 Å². The third-order valence-electron chi connectivity index (χ3n) is 4.68. The molecule has 0 unspecified atom stereocenters. The molecule has 1 saturated heterocycles. The molecular weight excluding hydrogens is 368 g/mol. The van der Waals surface area contributed by atoms with Gasteiger partial charge in [-0.2, -0.15) is 4.98 Å². The number of carboxylic acid groups (broad SMARTS) is 1.